The number of ether oxygens (including phenoxy) is 1. The van der Waals surface area contributed by atoms with Gasteiger partial charge in [0.1, 0.15) is 5.75 Å². The van der Waals surface area contributed by atoms with E-state index >= 15 is 0 Å². The maximum absolute atomic E-state index is 11.2. The Labute approximate surface area is 108 Å². The summed E-state index contributed by atoms with van der Waals surface area (Å²) < 4.78 is 5.32. The first kappa shape index (κ1) is 15.7. The van der Waals surface area contributed by atoms with Gasteiger partial charge in [-0.3, -0.25) is 4.79 Å². The maximum atomic E-state index is 11.2. The van der Waals surface area contributed by atoms with Gasteiger partial charge in [0.05, 0.1) is 12.6 Å². The molecule has 0 saturated heterocycles. The zero-order chi connectivity index (χ0) is 12.0. The first-order valence-corrected chi connectivity index (χ1v) is 5.36. The Morgan fingerprint density at radius 1 is 1.41 bits per heavy atom. The Bertz CT molecular complexity index is 341. The molecule has 17 heavy (non-hydrogen) atoms. The molecule has 5 heteroatoms. The van der Waals surface area contributed by atoms with Crippen molar-refractivity contribution < 1.29 is 9.53 Å². The zero-order valence-corrected chi connectivity index (χ0v) is 10.9. The molecule has 1 aromatic carbocycles. The fourth-order valence-corrected chi connectivity index (χ4v) is 1.42. The lowest BCUT2D eigenvalue weighted by Gasteiger charge is -2.10. The molecule has 0 spiro atoms. The number of likely N-dealkylation sites (N-methyl/N-ethyl adjacent to an activating group) is 1. The van der Waals surface area contributed by atoms with Crippen LogP contribution in [0.5, 0.6) is 5.75 Å². The highest BCUT2D eigenvalue weighted by Gasteiger charge is 2.11. The average Bonchev–Trinajstić information content (AvgIpc) is 2.31. The molecular formula is C12H19ClN2O2. The number of carbonyl (C=O) groups excluding carboxylic acids is 1. The third kappa shape index (κ3) is 5.06. The van der Waals surface area contributed by atoms with E-state index in [9.17, 15) is 4.79 Å². The van der Waals surface area contributed by atoms with Crippen molar-refractivity contribution >= 4 is 18.3 Å². The van der Waals surface area contributed by atoms with Crippen molar-refractivity contribution in [1.29, 1.82) is 0 Å². The van der Waals surface area contributed by atoms with Crippen LogP contribution in [0.25, 0.3) is 0 Å². The molecule has 96 valence electrons. The van der Waals surface area contributed by atoms with E-state index in [1.807, 2.05) is 31.2 Å². The van der Waals surface area contributed by atoms with E-state index in [1.165, 1.54) is 0 Å². The van der Waals surface area contributed by atoms with Gasteiger partial charge in [-0.15, -0.1) is 12.4 Å². The smallest absolute Gasteiger partial charge is 0.237 e. The molecule has 0 bridgehead atoms. The molecule has 3 N–H and O–H groups in total. The lowest BCUT2D eigenvalue weighted by atomic mass is 10.1. The molecule has 1 amide bonds. The lowest BCUT2D eigenvalue weighted by molar-refractivity contribution is -0.121. The summed E-state index contributed by atoms with van der Waals surface area (Å²) in [6, 6.07) is 7.12. The fourth-order valence-electron chi connectivity index (χ4n) is 1.42. The fraction of sp³-hybridized carbons (Fsp3) is 0.417. The third-order valence-corrected chi connectivity index (χ3v) is 2.27. The van der Waals surface area contributed by atoms with Crippen LogP contribution in [-0.2, 0) is 11.2 Å². The third-order valence-electron chi connectivity index (χ3n) is 2.27. The largest absolute Gasteiger partial charge is 0.494 e. The molecule has 0 aliphatic carbocycles. The number of hydrogen-bond donors (Lipinski definition) is 2. The van der Waals surface area contributed by atoms with Crippen molar-refractivity contribution in [3.8, 4) is 5.75 Å². The van der Waals surface area contributed by atoms with E-state index in [0.717, 1.165) is 11.3 Å². The highest BCUT2D eigenvalue weighted by molar-refractivity contribution is 5.85. The Balaban J connectivity index is 0.00000256. The maximum Gasteiger partial charge on any atom is 0.237 e. The van der Waals surface area contributed by atoms with Gasteiger partial charge in [0.15, 0.2) is 0 Å². The van der Waals surface area contributed by atoms with Crippen molar-refractivity contribution in [2.45, 2.75) is 19.4 Å². The molecule has 0 saturated carbocycles. The second-order valence-corrected chi connectivity index (χ2v) is 3.50. The first-order chi connectivity index (χ1) is 7.67. The Kier molecular flexibility index (Phi) is 7.34. The van der Waals surface area contributed by atoms with Gasteiger partial charge in [0.25, 0.3) is 0 Å². The summed E-state index contributed by atoms with van der Waals surface area (Å²) in [6.45, 7) is 2.59. The summed E-state index contributed by atoms with van der Waals surface area (Å²) in [5.74, 6) is 0.689. The molecule has 0 unspecified atom stereocenters. The number of rotatable bonds is 5. The summed E-state index contributed by atoms with van der Waals surface area (Å²) >= 11 is 0. The molecule has 0 fully saturated rings. The Hall–Kier alpha value is -1.26. The molecule has 0 aromatic heterocycles. The van der Waals surface area contributed by atoms with Crippen LogP contribution in [0.1, 0.15) is 12.5 Å². The monoisotopic (exact) mass is 258 g/mol. The molecule has 4 nitrogen and oxygen atoms in total. The number of hydrogen-bond acceptors (Lipinski definition) is 3. The Morgan fingerprint density at radius 2 is 2.00 bits per heavy atom. The minimum Gasteiger partial charge on any atom is -0.494 e. The van der Waals surface area contributed by atoms with Crippen LogP contribution < -0.4 is 15.8 Å². The van der Waals surface area contributed by atoms with Gasteiger partial charge in [0, 0.05) is 7.05 Å². The molecule has 1 atom stereocenters. The van der Waals surface area contributed by atoms with E-state index in [-0.39, 0.29) is 18.3 Å². The van der Waals surface area contributed by atoms with Crippen molar-refractivity contribution in [3.05, 3.63) is 29.8 Å². The number of carbonyl (C=O) groups is 1. The summed E-state index contributed by atoms with van der Waals surface area (Å²) in [7, 11) is 1.58. The highest BCUT2D eigenvalue weighted by Crippen LogP contribution is 2.12. The van der Waals surface area contributed by atoms with Crippen LogP contribution in [0.4, 0.5) is 0 Å². The van der Waals surface area contributed by atoms with Crippen molar-refractivity contribution in [2.75, 3.05) is 13.7 Å². The molecule has 0 radical (unpaired) electrons. The van der Waals surface area contributed by atoms with E-state index in [1.54, 1.807) is 7.05 Å². The average molecular weight is 259 g/mol. The first-order valence-electron chi connectivity index (χ1n) is 5.36. The Morgan fingerprint density at radius 3 is 2.47 bits per heavy atom. The van der Waals surface area contributed by atoms with Crippen molar-refractivity contribution in [3.63, 3.8) is 0 Å². The normalized spacial score (nSPS) is 11.2. The molecule has 0 heterocycles. The van der Waals surface area contributed by atoms with E-state index in [4.69, 9.17) is 10.5 Å². The van der Waals surface area contributed by atoms with Gasteiger partial charge >= 0.3 is 0 Å². The van der Waals surface area contributed by atoms with Crippen LogP contribution in [0, 0.1) is 0 Å². The molecular weight excluding hydrogens is 240 g/mol. The van der Waals surface area contributed by atoms with E-state index in [0.29, 0.717) is 13.0 Å². The number of benzene rings is 1. The zero-order valence-electron chi connectivity index (χ0n) is 10.1. The van der Waals surface area contributed by atoms with Gasteiger partial charge in [0.2, 0.25) is 5.91 Å². The van der Waals surface area contributed by atoms with Crippen molar-refractivity contribution in [2.24, 2.45) is 5.73 Å². The second kappa shape index (κ2) is 7.92. The summed E-state index contributed by atoms with van der Waals surface area (Å²) in [5.41, 5.74) is 6.74. The minimum absolute atomic E-state index is 0. The molecule has 0 aliphatic heterocycles. The number of halogens is 1. The van der Waals surface area contributed by atoms with Crippen LogP contribution in [0.3, 0.4) is 0 Å². The van der Waals surface area contributed by atoms with Gasteiger partial charge < -0.3 is 15.8 Å². The SMILES string of the molecule is CCOc1ccc(C[C@@H](N)C(=O)NC)cc1.Cl. The number of nitrogens with two attached hydrogens (primary N) is 1. The topological polar surface area (TPSA) is 64.3 Å². The van der Waals surface area contributed by atoms with E-state index in [2.05, 4.69) is 5.32 Å². The quantitative estimate of drug-likeness (QED) is 0.832. The van der Waals surface area contributed by atoms with Gasteiger partial charge in [-0.2, -0.15) is 0 Å². The van der Waals surface area contributed by atoms with Crippen molar-refractivity contribution in [1.82, 2.24) is 5.32 Å². The van der Waals surface area contributed by atoms with Crippen LogP contribution in [-0.4, -0.2) is 25.6 Å². The van der Waals surface area contributed by atoms with Gasteiger partial charge in [-0.05, 0) is 31.0 Å². The van der Waals surface area contributed by atoms with Crippen LogP contribution >= 0.6 is 12.4 Å². The second-order valence-electron chi connectivity index (χ2n) is 3.50. The predicted octanol–water partition coefficient (Wildman–Crippen LogP) is 1.12. The highest BCUT2D eigenvalue weighted by atomic mass is 35.5. The molecule has 1 aromatic rings. The number of nitrogens with one attached hydrogen (secondary N) is 1. The standard InChI is InChI=1S/C12H18N2O2.ClH/c1-3-16-10-6-4-9(5-7-10)8-11(13)12(15)14-2;/h4-7,11H,3,8,13H2,1-2H3,(H,14,15);1H/t11-;/m1./s1. The van der Waals surface area contributed by atoms with E-state index < -0.39 is 6.04 Å². The van der Waals surface area contributed by atoms with Crippen LogP contribution in [0.15, 0.2) is 24.3 Å². The number of amides is 1. The summed E-state index contributed by atoms with van der Waals surface area (Å²) in [6.07, 6.45) is 0.534. The van der Waals surface area contributed by atoms with Gasteiger partial charge in [-0.1, -0.05) is 12.1 Å². The van der Waals surface area contributed by atoms with Crippen LogP contribution in [0.2, 0.25) is 0 Å². The molecule has 1 rings (SSSR count). The predicted molar refractivity (Wildman–Crippen MR) is 70.6 cm³/mol. The van der Waals surface area contributed by atoms with Gasteiger partial charge in [-0.25, -0.2) is 0 Å². The lowest BCUT2D eigenvalue weighted by Crippen LogP contribution is -2.40. The minimum atomic E-state index is -0.497. The summed E-state index contributed by atoms with van der Waals surface area (Å²) in [4.78, 5) is 11.2. The molecule has 0 aliphatic rings. The summed E-state index contributed by atoms with van der Waals surface area (Å²) in [5, 5.41) is 2.53.